The average molecular weight is 348 g/mol. The lowest BCUT2D eigenvalue weighted by molar-refractivity contribution is 0.102. The molecule has 0 spiro atoms. The van der Waals surface area contributed by atoms with Crippen molar-refractivity contribution in [2.75, 3.05) is 20.3 Å². The predicted octanol–water partition coefficient (Wildman–Crippen LogP) is 3.08. The van der Waals surface area contributed by atoms with E-state index in [4.69, 9.17) is 26.4 Å². The first-order valence-electron chi connectivity index (χ1n) is 7.87. The zero-order valence-electron chi connectivity index (χ0n) is 13.7. The third-order valence-corrected chi connectivity index (χ3v) is 3.97. The Morgan fingerprint density at radius 2 is 2.38 bits per heavy atom. The van der Waals surface area contributed by atoms with Crippen molar-refractivity contribution in [2.24, 2.45) is 5.10 Å². The smallest absolute Gasteiger partial charge is 0.216 e. The summed E-state index contributed by atoms with van der Waals surface area (Å²) in [5, 5.41) is 11.5. The quantitative estimate of drug-likeness (QED) is 0.641. The van der Waals surface area contributed by atoms with Crippen LogP contribution in [0, 0.1) is 4.77 Å². The van der Waals surface area contributed by atoms with Crippen LogP contribution in [0.3, 0.4) is 0 Å². The van der Waals surface area contributed by atoms with Crippen molar-refractivity contribution in [1.29, 1.82) is 0 Å². The first-order valence-corrected chi connectivity index (χ1v) is 8.28. The van der Waals surface area contributed by atoms with Crippen LogP contribution in [0.1, 0.15) is 37.3 Å². The number of hydrogen-bond acceptors (Lipinski definition) is 6. The lowest BCUT2D eigenvalue weighted by atomic mass is 10.2. The minimum Gasteiger partial charge on any atom is -0.493 e. The van der Waals surface area contributed by atoms with E-state index in [2.05, 4.69) is 15.3 Å². The minimum absolute atomic E-state index is 0.0649. The molecule has 0 aliphatic carbocycles. The highest BCUT2D eigenvalue weighted by atomic mass is 32.1. The van der Waals surface area contributed by atoms with Crippen molar-refractivity contribution in [3.05, 3.63) is 34.4 Å². The number of nitrogens with zero attached hydrogens (tertiary/aromatic N) is 3. The van der Waals surface area contributed by atoms with Crippen LogP contribution in [0.4, 0.5) is 0 Å². The van der Waals surface area contributed by atoms with Crippen molar-refractivity contribution >= 4 is 18.4 Å². The molecule has 7 nitrogen and oxygen atoms in total. The summed E-state index contributed by atoms with van der Waals surface area (Å²) < 4.78 is 18.6. The van der Waals surface area contributed by atoms with Crippen LogP contribution in [0.15, 0.2) is 23.3 Å². The Balaban J connectivity index is 1.87. The number of aromatic nitrogens is 3. The van der Waals surface area contributed by atoms with Crippen molar-refractivity contribution in [3.8, 4) is 11.5 Å². The molecule has 1 N–H and O–H groups in total. The lowest BCUT2D eigenvalue weighted by Crippen LogP contribution is -2.05. The van der Waals surface area contributed by atoms with Crippen LogP contribution >= 0.6 is 12.2 Å². The normalized spacial score (nSPS) is 17.5. The number of methoxy groups -OCH3 is 1. The Morgan fingerprint density at radius 1 is 1.50 bits per heavy atom. The first kappa shape index (κ1) is 16.7. The van der Waals surface area contributed by atoms with E-state index >= 15 is 0 Å². The number of nitrogens with one attached hydrogen (secondary N) is 1. The highest BCUT2D eigenvalue weighted by Crippen LogP contribution is 2.28. The molecule has 0 amide bonds. The molecule has 0 unspecified atom stereocenters. The molecule has 1 fully saturated rings. The fourth-order valence-corrected chi connectivity index (χ4v) is 2.76. The monoisotopic (exact) mass is 348 g/mol. The molecular formula is C16H20N4O3S. The molecule has 1 aromatic heterocycles. The van der Waals surface area contributed by atoms with E-state index in [0.717, 1.165) is 25.0 Å². The molecule has 1 atom stereocenters. The third-order valence-electron chi connectivity index (χ3n) is 3.70. The minimum atomic E-state index is -0.0649. The van der Waals surface area contributed by atoms with E-state index in [9.17, 15) is 0 Å². The summed E-state index contributed by atoms with van der Waals surface area (Å²) in [6, 6.07) is 5.63. The van der Waals surface area contributed by atoms with Gasteiger partial charge in [-0.3, -0.25) is 5.10 Å². The predicted molar refractivity (Wildman–Crippen MR) is 92.5 cm³/mol. The molecule has 1 aliphatic rings. The van der Waals surface area contributed by atoms with Gasteiger partial charge in [0.1, 0.15) is 6.10 Å². The highest BCUT2D eigenvalue weighted by Gasteiger charge is 2.23. The van der Waals surface area contributed by atoms with Gasteiger partial charge in [-0.2, -0.15) is 14.9 Å². The summed E-state index contributed by atoms with van der Waals surface area (Å²) in [6.07, 6.45) is 3.59. The summed E-state index contributed by atoms with van der Waals surface area (Å²) in [7, 11) is 1.62. The Kier molecular flexibility index (Phi) is 5.27. The van der Waals surface area contributed by atoms with E-state index < -0.39 is 0 Å². The second-order valence-electron chi connectivity index (χ2n) is 5.29. The molecule has 8 heteroatoms. The maximum atomic E-state index is 5.67. The second-order valence-corrected chi connectivity index (χ2v) is 5.68. The van der Waals surface area contributed by atoms with Gasteiger partial charge in [-0.15, -0.1) is 0 Å². The molecule has 24 heavy (non-hydrogen) atoms. The van der Waals surface area contributed by atoms with Gasteiger partial charge in [0.15, 0.2) is 17.3 Å². The second kappa shape index (κ2) is 7.59. The SMILES string of the molecule is CCOc1cc(/C=N\n2c([C@H]3CCCO3)n[nH]c2=S)ccc1OC. The molecule has 1 aromatic carbocycles. The Labute approximate surface area is 145 Å². The van der Waals surface area contributed by atoms with Crippen LogP contribution in [0.2, 0.25) is 0 Å². The molecule has 2 heterocycles. The molecule has 2 aromatic rings. The van der Waals surface area contributed by atoms with Gasteiger partial charge < -0.3 is 14.2 Å². The highest BCUT2D eigenvalue weighted by molar-refractivity contribution is 7.71. The summed E-state index contributed by atoms with van der Waals surface area (Å²) >= 11 is 5.26. The van der Waals surface area contributed by atoms with E-state index in [1.54, 1.807) is 18.0 Å². The van der Waals surface area contributed by atoms with E-state index in [0.29, 0.717) is 28.7 Å². The van der Waals surface area contributed by atoms with Crippen LogP contribution in [0.5, 0.6) is 11.5 Å². The van der Waals surface area contributed by atoms with E-state index in [-0.39, 0.29) is 6.10 Å². The number of aromatic amines is 1. The average Bonchev–Trinajstić information content (AvgIpc) is 3.23. The van der Waals surface area contributed by atoms with Crippen molar-refractivity contribution in [2.45, 2.75) is 25.9 Å². The van der Waals surface area contributed by atoms with Gasteiger partial charge in [-0.25, -0.2) is 0 Å². The lowest BCUT2D eigenvalue weighted by Gasteiger charge is -2.10. The van der Waals surface area contributed by atoms with Crippen molar-refractivity contribution in [1.82, 2.24) is 14.9 Å². The Hall–Kier alpha value is -2.19. The topological polar surface area (TPSA) is 73.7 Å². The number of benzene rings is 1. The first-order chi connectivity index (χ1) is 11.7. The largest absolute Gasteiger partial charge is 0.493 e. The standard InChI is InChI=1S/C16H20N4O3S/c1-3-22-14-9-11(6-7-12(14)21-2)10-17-20-15(18-19-16(20)24)13-5-4-8-23-13/h6-7,9-10,13H,3-5,8H2,1-2H3,(H,19,24)/b17-10-/t13-/m1/s1. The van der Waals surface area contributed by atoms with Crippen LogP contribution in [-0.2, 0) is 4.74 Å². The van der Waals surface area contributed by atoms with Gasteiger partial charge in [0.2, 0.25) is 4.77 Å². The fourth-order valence-electron chi connectivity index (χ4n) is 2.57. The zero-order valence-corrected chi connectivity index (χ0v) is 14.5. The molecule has 128 valence electrons. The van der Waals surface area contributed by atoms with Crippen LogP contribution in [0.25, 0.3) is 0 Å². The molecule has 3 rings (SSSR count). The molecular weight excluding hydrogens is 328 g/mol. The zero-order chi connectivity index (χ0) is 16.9. The number of H-pyrrole nitrogens is 1. The Bertz CT molecular complexity index is 778. The van der Waals surface area contributed by atoms with Crippen LogP contribution < -0.4 is 9.47 Å². The summed E-state index contributed by atoms with van der Waals surface area (Å²) in [6.45, 7) is 3.23. The van der Waals surface area contributed by atoms with E-state index in [1.807, 2.05) is 25.1 Å². The number of rotatable bonds is 6. The van der Waals surface area contributed by atoms with Gasteiger partial charge in [0.25, 0.3) is 0 Å². The Morgan fingerprint density at radius 3 is 3.08 bits per heavy atom. The van der Waals surface area contributed by atoms with Gasteiger partial charge in [0, 0.05) is 6.61 Å². The number of hydrogen-bond donors (Lipinski definition) is 1. The van der Waals surface area contributed by atoms with E-state index in [1.165, 1.54) is 0 Å². The maximum absolute atomic E-state index is 5.67. The fraction of sp³-hybridized carbons (Fsp3) is 0.438. The molecule has 0 bridgehead atoms. The number of ether oxygens (including phenoxy) is 3. The molecule has 0 radical (unpaired) electrons. The summed E-state index contributed by atoms with van der Waals surface area (Å²) in [4.78, 5) is 0. The molecule has 1 aliphatic heterocycles. The van der Waals surface area contributed by atoms with Gasteiger partial charge in [-0.05, 0) is 55.7 Å². The van der Waals surface area contributed by atoms with Crippen molar-refractivity contribution < 1.29 is 14.2 Å². The third kappa shape index (κ3) is 3.49. The van der Waals surface area contributed by atoms with Gasteiger partial charge in [-0.1, -0.05) is 0 Å². The summed E-state index contributed by atoms with van der Waals surface area (Å²) in [5.41, 5.74) is 0.876. The van der Waals surface area contributed by atoms with Crippen LogP contribution in [-0.4, -0.2) is 41.4 Å². The van der Waals surface area contributed by atoms with Gasteiger partial charge >= 0.3 is 0 Å². The molecule has 0 saturated carbocycles. The van der Waals surface area contributed by atoms with Crippen molar-refractivity contribution in [3.63, 3.8) is 0 Å². The molecule has 1 saturated heterocycles. The maximum Gasteiger partial charge on any atom is 0.216 e. The summed E-state index contributed by atoms with van der Waals surface area (Å²) in [5.74, 6) is 2.07. The van der Waals surface area contributed by atoms with Gasteiger partial charge in [0.05, 0.1) is 19.9 Å².